The van der Waals surface area contributed by atoms with Gasteiger partial charge < -0.3 is 23.3 Å². The van der Waals surface area contributed by atoms with Crippen LogP contribution >= 0.6 is 8.60 Å². The van der Waals surface area contributed by atoms with Crippen molar-refractivity contribution in [2.45, 2.75) is 0 Å². The molecule has 0 aromatic heterocycles. The first-order valence-corrected chi connectivity index (χ1v) is 1.64. The van der Waals surface area contributed by atoms with Crippen LogP contribution in [-0.2, 0) is 19.5 Å². The second-order valence-electron chi connectivity index (χ2n) is 0.224. The molecule has 0 saturated heterocycles. The summed E-state index contributed by atoms with van der Waals surface area (Å²) in [5.74, 6) is 0. The average molecular weight is 169 g/mol. The summed E-state index contributed by atoms with van der Waals surface area (Å²) in [6.07, 6.45) is 0. The molecule has 6 heteroatoms. The van der Waals surface area contributed by atoms with E-state index < -0.39 is 8.60 Å². The molecular formula is MgO3PZn+. The largest absolute Gasteiger partial charge is 2.00 e. The molecule has 0 aliphatic rings. The van der Waals surface area contributed by atoms with Gasteiger partial charge in [-0.25, -0.2) is 0 Å². The van der Waals surface area contributed by atoms with Gasteiger partial charge in [0.05, 0.1) is 0 Å². The Balaban J connectivity index is -0.0000000450. The van der Waals surface area contributed by atoms with Crippen LogP contribution in [0.25, 0.3) is 0 Å². The summed E-state index contributed by atoms with van der Waals surface area (Å²) in [4.78, 5) is 25.4. The SMILES string of the molecule is [Mg+2].[O-]P([O-])[O-].[Zn+2]. The Kier molecular flexibility index (Phi) is 25.7. The van der Waals surface area contributed by atoms with E-state index in [0.29, 0.717) is 0 Å². The molecule has 3 nitrogen and oxygen atoms in total. The van der Waals surface area contributed by atoms with Crippen molar-refractivity contribution in [1.82, 2.24) is 0 Å². The predicted octanol–water partition coefficient (Wildman–Crippen LogP) is -3.09. The van der Waals surface area contributed by atoms with Crippen LogP contribution in [0.3, 0.4) is 0 Å². The van der Waals surface area contributed by atoms with E-state index in [1.165, 1.54) is 0 Å². The second-order valence-corrected chi connectivity index (χ2v) is 0.671. The topological polar surface area (TPSA) is 69.2 Å². The maximum absolute atomic E-state index is 8.48. The molecule has 0 aliphatic carbocycles. The van der Waals surface area contributed by atoms with Crippen LogP contribution in [0.2, 0.25) is 0 Å². The summed E-state index contributed by atoms with van der Waals surface area (Å²) in [6.45, 7) is 0. The van der Waals surface area contributed by atoms with Crippen molar-refractivity contribution in [3.05, 3.63) is 0 Å². The molecule has 0 aromatic rings. The molecule has 0 heterocycles. The molecule has 26 valence electrons. The Morgan fingerprint density at radius 3 is 1.00 bits per heavy atom. The Hall–Kier alpha value is 1.70. The first-order valence-electron chi connectivity index (χ1n) is 0.548. The molecule has 6 heavy (non-hydrogen) atoms. The van der Waals surface area contributed by atoms with Gasteiger partial charge in [-0.15, -0.1) is 0 Å². The van der Waals surface area contributed by atoms with Gasteiger partial charge in [0, 0.05) is 0 Å². The van der Waals surface area contributed by atoms with Gasteiger partial charge in [-0.05, 0) is 0 Å². The van der Waals surface area contributed by atoms with Crippen molar-refractivity contribution in [3.8, 4) is 0 Å². The van der Waals surface area contributed by atoms with Crippen LogP contribution in [0.5, 0.6) is 0 Å². The summed E-state index contributed by atoms with van der Waals surface area (Å²) < 4.78 is 0. The quantitative estimate of drug-likeness (QED) is 0.285. The Morgan fingerprint density at radius 1 is 1.00 bits per heavy atom. The zero-order valence-corrected chi connectivity index (χ0v) is 8.36. The molecular weight excluding hydrogens is 169 g/mol. The third-order valence-electron chi connectivity index (χ3n) is 0. The Labute approximate surface area is 65.7 Å². The molecule has 0 aliphatic heterocycles. The van der Waals surface area contributed by atoms with Gasteiger partial charge in [0.2, 0.25) is 0 Å². The van der Waals surface area contributed by atoms with Crippen LogP contribution in [-0.4, -0.2) is 23.1 Å². The minimum Gasteiger partial charge on any atom is -0.854 e. The van der Waals surface area contributed by atoms with E-state index in [9.17, 15) is 0 Å². The third kappa shape index (κ3) is 43.6. The van der Waals surface area contributed by atoms with Crippen molar-refractivity contribution in [2.24, 2.45) is 0 Å². The van der Waals surface area contributed by atoms with Gasteiger partial charge in [-0.2, -0.15) is 0 Å². The van der Waals surface area contributed by atoms with Gasteiger partial charge in [0.1, 0.15) is 0 Å². The van der Waals surface area contributed by atoms with Gasteiger partial charge >= 0.3 is 42.5 Å². The second kappa shape index (κ2) is 9.85. The number of hydrogen-bond acceptors (Lipinski definition) is 3. The van der Waals surface area contributed by atoms with E-state index in [1.54, 1.807) is 0 Å². The fourth-order valence-corrected chi connectivity index (χ4v) is 0. The van der Waals surface area contributed by atoms with E-state index in [1.807, 2.05) is 0 Å². The summed E-state index contributed by atoms with van der Waals surface area (Å²) >= 11 is 0. The summed E-state index contributed by atoms with van der Waals surface area (Å²) in [5, 5.41) is 0. The molecule has 0 N–H and O–H groups in total. The van der Waals surface area contributed by atoms with E-state index in [-0.39, 0.29) is 42.5 Å². The summed E-state index contributed by atoms with van der Waals surface area (Å²) in [7, 11) is -3.37. The van der Waals surface area contributed by atoms with Crippen LogP contribution in [0.1, 0.15) is 0 Å². The number of hydrogen-bond donors (Lipinski definition) is 0. The normalized spacial score (nSPS) is 6.00. The number of rotatable bonds is 0. The standard InChI is InChI=1S/Mg.O3P.Zn/c;1-4(2)3;/q+2;-3;+2. The van der Waals surface area contributed by atoms with E-state index >= 15 is 0 Å². The van der Waals surface area contributed by atoms with Crippen LogP contribution < -0.4 is 14.7 Å². The van der Waals surface area contributed by atoms with Gasteiger partial charge in [0.25, 0.3) is 0 Å². The molecule has 0 rings (SSSR count). The monoisotopic (exact) mass is 167 g/mol. The molecule has 0 atom stereocenters. The smallest absolute Gasteiger partial charge is 0.854 e. The van der Waals surface area contributed by atoms with Crippen molar-refractivity contribution in [3.63, 3.8) is 0 Å². The van der Waals surface area contributed by atoms with Crippen LogP contribution in [0.15, 0.2) is 0 Å². The fraction of sp³-hybridized carbons (Fsp3) is 0. The van der Waals surface area contributed by atoms with Crippen molar-refractivity contribution in [2.75, 3.05) is 0 Å². The molecule has 0 aromatic carbocycles. The van der Waals surface area contributed by atoms with Crippen molar-refractivity contribution < 1.29 is 34.2 Å². The summed E-state index contributed by atoms with van der Waals surface area (Å²) in [5.41, 5.74) is 0. The molecule has 0 unspecified atom stereocenters. The molecule has 0 radical (unpaired) electrons. The zero-order chi connectivity index (χ0) is 3.58. The Morgan fingerprint density at radius 2 is 1.00 bits per heavy atom. The minimum absolute atomic E-state index is 0. The zero-order valence-electron chi connectivity index (χ0n) is 3.09. The maximum Gasteiger partial charge on any atom is 2.00 e. The van der Waals surface area contributed by atoms with E-state index in [4.69, 9.17) is 14.7 Å². The predicted molar refractivity (Wildman–Crippen MR) is 12.7 cm³/mol. The van der Waals surface area contributed by atoms with Gasteiger partial charge in [-0.1, -0.05) is 0 Å². The summed E-state index contributed by atoms with van der Waals surface area (Å²) in [6, 6.07) is 0. The van der Waals surface area contributed by atoms with E-state index in [0.717, 1.165) is 0 Å². The Bertz CT molecular complexity index is 15.5. The third-order valence-corrected chi connectivity index (χ3v) is 0. The first-order chi connectivity index (χ1) is 1.73. The molecule has 0 bridgehead atoms. The van der Waals surface area contributed by atoms with Gasteiger partial charge in [0.15, 0.2) is 0 Å². The van der Waals surface area contributed by atoms with Crippen molar-refractivity contribution >= 4 is 31.7 Å². The van der Waals surface area contributed by atoms with Gasteiger partial charge in [-0.3, -0.25) is 0 Å². The fourth-order valence-electron chi connectivity index (χ4n) is 0. The molecule has 0 amide bonds. The molecule has 0 spiro atoms. The van der Waals surface area contributed by atoms with Crippen LogP contribution in [0.4, 0.5) is 0 Å². The average Bonchev–Trinajstić information content (AvgIpc) is 0.811. The molecule has 0 saturated carbocycles. The minimum atomic E-state index is -3.37. The van der Waals surface area contributed by atoms with Crippen molar-refractivity contribution in [1.29, 1.82) is 0 Å². The van der Waals surface area contributed by atoms with Crippen LogP contribution in [0, 0.1) is 0 Å². The molecule has 0 fully saturated rings. The maximum atomic E-state index is 8.48. The van der Waals surface area contributed by atoms with E-state index in [2.05, 4.69) is 0 Å². The first kappa shape index (κ1) is 15.6.